The first-order chi connectivity index (χ1) is 6.77. The molecule has 1 atom stereocenters. The van der Waals surface area contributed by atoms with E-state index >= 15 is 0 Å². The first-order valence-corrected chi connectivity index (χ1v) is 5.51. The van der Waals surface area contributed by atoms with Gasteiger partial charge in [0.05, 0.1) is 5.69 Å². The molecule has 14 heavy (non-hydrogen) atoms. The predicted molar refractivity (Wildman–Crippen MR) is 54.1 cm³/mol. The van der Waals surface area contributed by atoms with Gasteiger partial charge in [0.15, 0.2) is 0 Å². The smallest absolute Gasteiger partial charge is 0.303 e. The lowest BCUT2D eigenvalue weighted by molar-refractivity contribution is -0.147. The third kappa shape index (κ3) is 1.90. The van der Waals surface area contributed by atoms with Crippen molar-refractivity contribution >= 4 is 17.7 Å². The first kappa shape index (κ1) is 9.52. The fraction of sp³-hybridized carbons (Fsp3) is 0.400. The molecule has 1 unspecified atom stereocenters. The number of thioether (sulfide) groups is 1. The van der Waals surface area contributed by atoms with Gasteiger partial charge in [-0.2, -0.15) is 0 Å². The molecular formula is C10H11NO2S. The van der Waals surface area contributed by atoms with E-state index in [2.05, 4.69) is 4.98 Å². The van der Waals surface area contributed by atoms with Gasteiger partial charge in [-0.15, -0.1) is 11.8 Å². The molecule has 0 saturated carbocycles. The van der Waals surface area contributed by atoms with E-state index in [1.807, 2.05) is 12.1 Å². The molecule has 0 saturated heterocycles. The lowest BCUT2D eigenvalue weighted by atomic mass is 10.1. The second-order valence-electron chi connectivity index (χ2n) is 3.12. The van der Waals surface area contributed by atoms with Gasteiger partial charge in [0, 0.05) is 23.8 Å². The van der Waals surface area contributed by atoms with E-state index < -0.39 is 0 Å². The summed E-state index contributed by atoms with van der Waals surface area (Å²) in [5.74, 6) is 0.745. The molecule has 4 heteroatoms. The maximum atomic E-state index is 10.9. The number of aromatic nitrogens is 1. The lowest BCUT2D eigenvalue weighted by Gasteiger charge is -2.22. The van der Waals surface area contributed by atoms with Crippen LogP contribution in [0.2, 0.25) is 0 Å². The molecule has 3 nitrogen and oxygen atoms in total. The van der Waals surface area contributed by atoms with Crippen molar-refractivity contribution in [3.8, 4) is 0 Å². The van der Waals surface area contributed by atoms with Gasteiger partial charge < -0.3 is 4.74 Å². The number of ether oxygens (including phenoxy) is 1. The van der Waals surface area contributed by atoms with Gasteiger partial charge in [-0.05, 0) is 18.6 Å². The van der Waals surface area contributed by atoms with E-state index in [4.69, 9.17) is 4.74 Å². The Morgan fingerprint density at radius 1 is 1.71 bits per heavy atom. The fourth-order valence-corrected chi connectivity index (χ4v) is 2.55. The molecule has 0 aromatic carbocycles. The Kier molecular flexibility index (Phi) is 2.72. The van der Waals surface area contributed by atoms with E-state index in [9.17, 15) is 4.79 Å². The molecule has 0 amide bonds. The van der Waals surface area contributed by atoms with Crippen molar-refractivity contribution in [2.75, 3.05) is 5.75 Å². The van der Waals surface area contributed by atoms with E-state index in [0.717, 1.165) is 22.8 Å². The lowest BCUT2D eigenvalue weighted by Crippen LogP contribution is -2.15. The Bertz CT molecular complexity index is 354. The van der Waals surface area contributed by atoms with Crippen molar-refractivity contribution in [1.82, 2.24) is 4.98 Å². The molecule has 0 spiro atoms. The summed E-state index contributed by atoms with van der Waals surface area (Å²) in [7, 11) is 0. The Morgan fingerprint density at radius 2 is 2.57 bits per heavy atom. The van der Waals surface area contributed by atoms with Gasteiger partial charge in [-0.1, -0.05) is 0 Å². The van der Waals surface area contributed by atoms with Gasteiger partial charge in [0.2, 0.25) is 0 Å². The molecular weight excluding hydrogens is 198 g/mol. The first-order valence-electron chi connectivity index (χ1n) is 4.52. The van der Waals surface area contributed by atoms with Crippen LogP contribution in [0, 0.1) is 0 Å². The number of carbonyl (C=O) groups excluding carboxylic acids is 1. The molecule has 0 N–H and O–H groups in total. The maximum absolute atomic E-state index is 10.9. The minimum Gasteiger partial charge on any atom is -0.456 e. The van der Waals surface area contributed by atoms with Crippen molar-refractivity contribution in [3.05, 3.63) is 24.0 Å². The highest BCUT2D eigenvalue weighted by Crippen LogP contribution is 2.36. The monoisotopic (exact) mass is 209 g/mol. The van der Waals surface area contributed by atoms with Crippen molar-refractivity contribution in [1.29, 1.82) is 0 Å². The zero-order valence-corrected chi connectivity index (χ0v) is 8.71. The second-order valence-corrected chi connectivity index (χ2v) is 4.26. The topological polar surface area (TPSA) is 39.2 Å². The summed E-state index contributed by atoms with van der Waals surface area (Å²) >= 11 is 1.77. The van der Waals surface area contributed by atoms with Crippen LogP contribution < -0.4 is 0 Å². The number of esters is 1. The number of fused-ring (bicyclic) bond motifs is 1. The van der Waals surface area contributed by atoms with Crippen molar-refractivity contribution in [3.63, 3.8) is 0 Å². The van der Waals surface area contributed by atoms with Crippen LogP contribution in [0.15, 0.2) is 23.2 Å². The quantitative estimate of drug-likeness (QED) is 0.664. The summed E-state index contributed by atoms with van der Waals surface area (Å²) in [5.41, 5.74) is 0.902. The van der Waals surface area contributed by atoms with Crippen LogP contribution in [-0.2, 0) is 9.53 Å². The van der Waals surface area contributed by atoms with Gasteiger partial charge in [0.25, 0.3) is 0 Å². The Labute approximate surface area is 86.9 Å². The minimum atomic E-state index is -0.237. The highest BCUT2D eigenvalue weighted by Gasteiger charge is 2.23. The van der Waals surface area contributed by atoms with Crippen LogP contribution in [0.25, 0.3) is 0 Å². The van der Waals surface area contributed by atoms with Gasteiger partial charge >= 0.3 is 5.97 Å². The SMILES string of the molecule is CC(=O)OC1CCSc2cccnc21. The van der Waals surface area contributed by atoms with Gasteiger partial charge in [-0.25, -0.2) is 0 Å². The van der Waals surface area contributed by atoms with Crippen LogP contribution in [0.5, 0.6) is 0 Å². The van der Waals surface area contributed by atoms with E-state index in [1.165, 1.54) is 6.92 Å². The molecule has 0 bridgehead atoms. The summed E-state index contributed by atoms with van der Waals surface area (Å²) in [6.45, 7) is 1.43. The molecule has 0 aliphatic carbocycles. The number of carbonyl (C=O) groups is 1. The molecule has 1 aromatic heterocycles. The number of pyridine rings is 1. The Morgan fingerprint density at radius 3 is 3.36 bits per heavy atom. The summed E-state index contributed by atoms with van der Waals surface area (Å²) in [5, 5.41) is 0. The van der Waals surface area contributed by atoms with Crippen LogP contribution in [0.1, 0.15) is 25.1 Å². The summed E-state index contributed by atoms with van der Waals surface area (Å²) in [6, 6.07) is 3.92. The van der Waals surface area contributed by atoms with Gasteiger partial charge in [-0.3, -0.25) is 9.78 Å². The second kappa shape index (κ2) is 4.00. The zero-order valence-electron chi connectivity index (χ0n) is 7.90. The Balaban J connectivity index is 2.26. The normalized spacial score (nSPS) is 19.9. The van der Waals surface area contributed by atoms with Crippen LogP contribution >= 0.6 is 11.8 Å². The maximum Gasteiger partial charge on any atom is 0.303 e. The highest BCUT2D eigenvalue weighted by atomic mass is 32.2. The predicted octanol–water partition coefficient (Wildman–Crippen LogP) is 2.18. The van der Waals surface area contributed by atoms with Crippen molar-refractivity contribution in [2.45, 2.75) is 24.3 Å². The van der Waals surface area contributed by atoms with Crippen molar-refractivity contribution in [2.24, 2.45) is 0 Å². The van der Waals surface area contributed by atoms with Crippen molar-refractivity contribution < 1.29 is 9.53 Å². The minimum absolute atomic E-state index is 0.148. The molecule has 2 rings (SSSR count). The van der Waals surface area contributed by atoms with E-state index in [0.29, 0.717) is 0 Å². The molecule has 2 heterocycles. The molecule has 0 fully saturated rings. The van der Waals surface area contributed by atoms with E-state index in [-0.39, 0.29) is 12.1 Å². The summed E-state index contributed by atoms with van der Waals surface area (Å²) < 4.78 is 5.20. The summed E-state index contributed by atoms with van der Waals surface area (Å²) in [4.78, 5) is 16.3. The molecule has 1 aliphatic rings. The number of hydrogen-bond donors (Lipinski definition) is 0. The van der Waals surface area contributed by atoms with Crippen LogP contribution in [0.4, 0.5) is 0 Å². The molecule has 0 radical (unpaired) electrons. The number of rotatable bonds is 1. The standard InChI is InChI=1S/C10H11NO2S/c1-7(12)13-8-4-6-14-9-3-2-5-11-10(8)9/h2-3,5,8H,4,6H2,1H3. The van der Waals surface area contributed by atoms with E-state index in [1.54, 1.807) is 18.0 Å². The Hall–Kier alpha value is -1.03. The average Bonchev–Trinajstić information content (AvgIpc) is 2.18. The average molecular weight is 209 g/mol. The molecule has 1 aromatic rings. The third-order valence-electron chi connectivity index (χ3n) is 2.05. The molecule has 74 valence electrons. The van der Waals surface area contributed by atoms with Gasteiger partial charge in [0.1, 0.15) is 6.10 Å². The molecule has 1 aliphatic heterocycles. The highest BCUT2D eigenvalue weighted by molar-refractivity contribution is 7.99. The number of nitrogens with zero attached hydrogens (tertiary/aromatic N) is 1. The van der Waals surface area contributed by atoms with Crippen LogP contribution in [-0.4, -0.2) is 16.7 Å². The zero-order chi connectivity index (χ0) is 9.97. The largest absolute Gasteiger partial charge is 0.456 e. The fourth-order valence-electron chi connectivity index (χ4n) is 1.49. The van der Waals surface area contributed by atoms with Crippen LogP contribution in [0.3, 0.4) is 0 Å². The number of hydrogen-bond acceptors (Lipinski definition) is 4. The summed E-state index contributed by atoms with van der Waals surface area (Å²) in [6.07, 6.45) is 2.44. The third-order valence-corrected chi connectivity index (χ3v) is 3.15.